The van der Waals surface area contributed by atoms with E-state index in [1.165, 1.54) is 30.4 Å². The van der Waals surface area contributed by atoms with E-state index < -0.39 is 0 Å². The van der Waals surface area contributed by atoms with Crippen molar-refractivity contribution in [3.05, 3.63) is 45.4 Å². The van der Waals surface area contributed by atoms with Crippen molar-refractivity contribution in [3.8, 4) is 5.75 Å². The molecule has 1 heterocycles. The number of hydrogen-bond acceptors (Lipinski definition) is 4. The van der Waals surface area contributed by atoms with E-state index in [0.717, 1.165) is 16.5 Å². The van der Waals surface area contributed by atoms with Crippen LogP contribution in [0.1, 0.15) is 28.2 Å². The van der Waals surface area contributed by atoms with Gasteiger partial charge in [-0.25, -0.2) is 4.98 Å². The monoisotopic (exact) mass is 277 g/mol. The molecule has 0 unspecified atom stereocenters. The Bertz CT molecular complexity index is 550. The van der Waals surface area contributed by atoms with Crippen molar-refractivity contribution >= 4 is 24.0 Å². The van der Waals surface area contributed by atoms with Gasteiger partial charge in [-0.05, 0) is 42.5 Å². The summed E-state index contributed by atoms with van der Waals surface area (Å²) in [6, 6.07) is 6.44. The van der Waals surface area contributed by atoms with Crippen LogP contribution in [0.4, 0.5) is 0 Å². The van der Waals surface area contributed by atoms with Crippen molar-refractivity contribution in [2.24, 2.45) is 0 Å². The van der Waals surface area contributed by atoms with Gasteiger partial charge in [0.1, 0.15) is 17.4 Å². The van der Waals surface area contributed by atoms with Crippen molar-refractivity contribution in [1.29, 1.82) is 0 Å². The molecule has 1 aromatic heterocycles. The zero-order valence-electron chi connectivity index (χ0n) is 10.1. The Labute approximate surface area is 116 Å². The third kappa shape index (κ3) is 2.54. The number of fused-ring (bicyclic) bond motifs is 1. The molecular formula is C14H15NOS2. The van der Waals surface area contributed by atoms with Crippen LogP contribution in [0.5, 0.6) is 5.75 Å². The smallest absolute Gasteiger partial charge is 0.140 e. The Hall–Kier alpha value is -1.00. The summed E-state index contributed by atoms with van der Waals surface area (Å²) in [4.78, 5) is 4.43. The number of hydrogen-bond donors (Lipinski definition) is 1. The summed E-state index contributed by atoms with van der Waals surface area (Å²) in [5.74, 6) is 1.65. The summed E-state index contributed by atoms with van der Waals surface area (Å²) in [6.45, 7) is 0.553. The molecule has 1 aliphatic rings. The van der Waals surface area contributed by atoms with Gasteiger partial charge in [-0.1, -0.05) is 6.07 Å². The Morgan fingerprint density at radius 2 is 2.17 bits per heavy atom. The van der Waals surface area contributed by atoms with Gasteiger partial charge in [0, 0.05) is 11.1 Å². The molecule has 2 nitrogen and oxygen atoms in total. The fourth-order valence-corrected chi connectivity index (χ4v) is 3.26. The molecular weight excluding hydrogens is 262 g/mol. The van der Waals surface area contributed by atoms with Crippen LogP contribution in [0.3, 0.4) is 0 Å². The standard InChI is InChI=1S/C14H15NOS2/c17-8-12-9-18-14(15-12)7-16-13-5-4-10-2-1-3-11(10)6-13/h4-6,9,17H,1-3,7-8H2. The lowest BCUT2D eigenvalue weighted by Gasteiger charge is -2.06. The highest BCUT2D eigenvalue weighted by Crippen LogP contribution is 2.26. The highest BCUT2D eigenvalue weighted by Gasteiger charge is 2.11. The predicted molar refractivity (Wildman–Crippen MR) is 77.6 cm³/mol. The molecule has 0 radical (unpaired) electrons. The summed E-state index contributed by atoms with van der Waals surface area (Å²) in [5.41, 5.74) is 3.95. The normalized spacial score (nSPS) is 13.6. The molecule has 0 fully saturated rings. The van der Waals surface area contributed by atoms with E-state index in [0.29, 0.717) is 12.4 Å². The molecule has 0 saturated heterocycles. The highest BCUT2D eigenvalue weighted by atomic mass is 32.1. The third-order valence-electron chi connectivity index (χ3n) is 3.19. The number of ether oxygens (including phenoxy) is 1. The van der Waals surface area contributed by atoms with E-state index in [2.05, 4.69) is 35.8 Å². The summed E-state index contributed by atoms with van der Waals surface area (Å²) in [7, 11) is 0. The largest absolute Gasteiger partial charge is 0.486 e. The van der Waals surface area contributed by atoms with Crippen molar-refractivity contribution in [3.63, 3.8) is 0 Å². The first kappa shape index (κ1) is 12.1. The number of nitrogens with zero attached hydrogens (tertiary/aromatic N) is 1. The minimum absolute atomic E-state index is 0.553. The maximum atomic E-state index is 5.80. The highest BCUT2D eigenvalue weighted by molar-refractivity contribution is 7.79. The molecule has 94 valence electrons. The van der Waals surface area contributed by atoms with E-state index in [-0.39, 0.29) is 0 Å². The zero-order chi connectivity index (χ0) is 12.4. The van der Waals surface area contributed by atoms with Gasteiger partial charge < -0.3 is 4.74 Å². The van der Waals surface area contributed by atoms with Gasteiger partial charge in [0.25, 0.3) is 0 Å². The lowest BCUT2D eigenvalue weighted by atomic mass is 10.1. The number of aromatic nitrogens is 1. The fourth-order valence-electron chi connectivity index (χ4n) is 2.27. The second-order valence-electron chi connectivity index (χ2n) is 4.46. The van der Waals surface area contributed by atoms with Crippen LogP contribution in [0.15, 0.2) is 23.6 Å². The van der Waals surface area contributed by atoms with Crippen molar-refractivity contribution in [2.75, 3.05) is 0 Å². The molecule has 1 aromatic carbocycles. The Morgan fingerprint density at radius 3 is 3.00 bits per heavy atom. The number of thiazole rings is 1. The molecule has 0 aliphatic heterocycles. The molecule has 0 saturated carbocycles. The number of rotatable bonds is 4. The van der Waals surface area contributed by atoms with Crippen molar-refractivity contribution in [2.45, 2.75) is 31.6 Å². The zero-order valence-corrected chi connectivity index (χ0v) is 11.8. The topological polar surface area (TPSA) is 22.1 Å². The Kier molecular flexibility index (Phi) is 3.57. The van der Waals surface area contributed by atoms with E-state index >= 15 is 0 Å². The van der Waals surface area contributed by atoms with E-state index in [1.54, 1.807) is 11.3 Å². The molecule has 0 atom stereocenters. The first-order chi connectivity index (χ1) is 8.85. The maximum absolute atomic E-state index is 5.80. The summed E-state index contributed by atoms with van der Waals surface area (Å²) >= 11 is 5.84. The first-order valence-electron chi connectivity index (χ1n) is 6.14. The van der Waals surface area contributed by atoms with Crippen molar-refractivity contribution < 1.29 is 4.74 Å². The van der Waals surface area contributed by atoms with Crippen molar-refractivity contribution in [1.82, 2.24) is 4.98 Å². The minimum atomic E-state index is 0.553. The van der Waals surface area contributed by atoms with Gasteiger partial charge in [0.05, 0.1) is 5.69 Å². The third-order valence-corrected chi connectivity index (χ3v) is 4.39. The Morgan fingerprint density at radius 1 is 1.28 bits per heavy atom. The molecule has 18 heavy (non-hydrogen) atoms. The minimum Gasteiger partial charge on any atom is -0.486 e. The van der Waals surface area contributed by atoms with Gasteiger partial charge in [0.15, 0.2) is 0 Å². The fraction of sp³-hybridized carbons (Fsp3) is 0.357. The quantitative estimate of drug-likeness (QED) is 0.862. The maximum Gasteiger partial charge on any atom is 0.140 e. The SMILES string of the molecule is SCc1csc(COc2ccc3c(c2)CCC3)n1. The molecule has 3 rings (SSSR count). The van der Waals surface area contributed by atoms with Crippen LogP contribution in [0, 0.1) is 0 Å². The summed E-state index contributed by atoms with van der Waals surface area (Å²) < 4.78 is 5.80. The van der Waals surface area contributed by atoms with Gasteiger partial charge in [-0.3, -0.25) is 0 Å². The van der Waals surface area contributed by atoms with Crippen LogP contribution >= 0.6 is 24.0 Å². The number of aryl methyl sites for hydroxylation is 2. The first-order valence-corrected chi connectivity index (χ1v) is 7.65. The van der Waals surface area contributed by atoms with E-state index in [9.17, 15) is 0 Å². The average molecular weight is 277 g/mol. The molecule has 0 N–H and O–H groups in total. The van der Waals surface area contributed by atoms with Crippen LogP contribution in [0.2, 0.25) is 0 Å². The van der Waals surface area contributed by atoms with E-state index in [1.807, 2.05) is 5.38 Å². The van der Waals surface area contributed by atoms with Gasteiger partial charge in [-0.15, -0.1) is 11.3 Å². The van der Waals surface area contributed by atoms with Gasteiger partial charge in [-0.2, -0.15) is 12.6 Å². The van der Waals surface area contributed by atoms with E-state index in [4.69, 9.17) is 4.74 Å². The lowest BCUT2D eigenvalue weighted by Crippen LogP contribution is -1.96. The summed E-state index contributed by atoms with van der Waals surface area (Å²) in [5, 5.41) is 3.05. The second kappa shape index (κ2) is 5.33. The summed E-state index contributed by atoms with van der Waals surface area (Å²) in [6.07, 6.45) is 3.68. The molecule has 0 amide bonds. The average Bonchev–Trinajstić information content (AvgIpc) is 3.04. The van der Waals surface area contributed by atoms with Crippen LogP contribution < -0.4 is 4.74 Å². The molecule has 0 bridgehead atoms. The predicted octanol–water partition coefficient (Wildman–Crippen LogP) is 3.64. The Balaban J connectivity index is 1.66. The molecule has 0 spiro atoms. The number of thiol groups is 1. The van der Waals surface area contributed by atoms with Gasteiger partial charge in [0.2, 0.25) is 0 Å². The number of benzene rings is 1. The molecule has 1 aliphatic carbocycles. The van der Waals surface area contributed by atoms with Crippen LogP contribution in [-0.4, -0.2) is 4.98 Å². The molecule has 4 heteroatoms. The molecule has 2 aromatic rings. The van der Waals surface area contributed by atoms with Crippen LogP contribution in [-0.2, 0) is 25.2 Å². The van der Waals surface area contributed by atoms with Gasteiger partial charge >= 0.3 is 0 Å². The lowest BCUT2D eigenvalue weighted by molar-refractivity contribution is 0.305. The van der Waals surface area contributed by atoms with Crippen LogP contribution in [0.25, 0.3) is 0 Å². The second-order valence-corrected chi connectivity index (χ2v) is 5.72.